The summed E-state index contributed by atoms with van der Waals surface area (Å²) < 4.78 is 13.3. The summed E-state index contributed by atoms with van der Waals surface area (Å²) in [4.78, 5) is 44.6. The minimum absolute atomic E-state index is 0.0157. The number of hydrogen-bond donors (Lipinski definition) is 0. The van der Waals surface area contributed by atoms with Crippen LogP contribution >= 0.6 is 22.9 Å². The lowest BCUT2D eigenvalue weighted by Crippen LogP contribution is -2.55. The first-order valence-corrected chi connectivity index (χ1v) is 11.5. The maximum atomic E-state index is 13.3. The summed E-state index contributed by atoms with van der Waals surface area (Å²) in [5, 5.41) is 2.02. The van der Waals surface area contributed by atoms with Crippen LogP contribution in [0.25, 0.3) is 0 Å². The van der Waals surface area contributed by atoms with E-state index in [9.17, 15) is 18.8 Å². The Kier molecular flexibility index (Phi) is 6.57. The van der Waals surface area contributed by atoms with E-state index in [0.717, 1.165) is 17.4 Å². The molecule has 4 rings (SSSR count). The number of carbonyl (C=O) groups is 3. The highest BCUT2D eigenvalue weighted by Gasteiger charge is 2.37. The molecule has 3 amide bonds. The number of benzene rings is 1. The van der Waals surface area contributed by atoms with Gasteiger partial charge in [-0.05, 0) is 42.5 Å². The first kappa shape index (κ1) is 21.8. The number of likely N-dealkylation sites (tertiary alicyclic amines) is 1. The molecule has 0 saturated carbocycles. The first-order chi connectivity index (χ1) is 14.9. The van der Waals surface area contributed by atoms with Gasteiger partial charge in [-0.1, -0.05) is 17.7 Å². The van der Waals surface area contributed by atoms with Gasteiger partial charge in [0.2, 0.25) is 11.8 Å². The summed E-state index contributed by atoms with van der Waals surface area (Å²) in [6.07, 6.45) is 1.80. The standard InChI is InChI=1S/C22H23ClFN3O3S/c23-18-13-15(24)5-6-17(18)21(29)25-8-10-26(11-9-25)22(30)19-4-1-7-27(19)20(28)14-16-3-2-12-31-16/h2-3,5-6,12-13,19H,1,4,7-11,14H2. The molecule has 1 aromatic heterocycles. The van der Waals surface area contributed by atoms with Crippen LogP contribution in [0.1, 0.15) is 28.1 Å². The molecule has 0 N–H and O–H groups in total. The van der Waals surface area contributed by atoms with Crippen LogP contribution in [0.4, 0.5) is 4.39 Å². The van der Waals surface area contributed by atoms with Crippen LogP contribution in [0.2, 0.25) is 5.02 Å². The first-order valence-electron chi connectivity index (χ1n) is 10.3. The number of amides is 3. The van der Waals surface area contributed by atoms with Crippen LogP contribution in [0.5, 0.6) is 0 Å². The van der Waals surface area contributed by atoms with Gasteiger partial charge < -0.3 is 14.7 Å². The molecule has 6 nitrogen and oxygen atoms in total. The Labute approximate surface area is 189 Å². The van der Waals surface area contributed by atoms with Crippen LogP contribution < -0.4 is 0 Å². The van der Waals surface area contributed by atoms with Gasteiger partial charge in [-0.3, -0.25) is 14.4 Å². The zero-order chi connectivity index (χ0) is 22.0. The Morgan fingerprint density at radius 1 is 1.06 bits per heavy atom. The van der Waals surface area contributed by atoms with Crippen molar-refractivity contribution >= 4 is 40.7 Å². The second-order valence-corrected chi connectivity index (χ2v) is 9.18. The van der Waals surface area contributed by atoms with Crippen LogP contribution in [0.15, 0.2) is 35.7 Å². The van der Waals surface area contributed by atoms with Crippen molar-refractivity contribution < 1.29 is 18.8 Å². The Bertz CT molecular complexity index is 976. The van der Waals surface area contributed by atoms with Gasteiger partial charge in [0, 0.05) is 37.6 Å². The van der Waals surface area contributed by atoms with E-state index in [1.165, 1.54) is 12.1 Å². The second-order valence-electron chi connectivity index (χ2n) is 7.74. The molecule has 2 fully saturated rings. The van der Waals surface area contributed by atoms with Gasteiger partial charge in [0.05, 0.1) is 17.0 Å². The van der Waals surface area contributed by atoms with Crippen LogP contribution in [-0.2, 0) is 16.0 Å². The van der Waals surface area contributed by atoms with Gasteiger partial charge in [-0.2, -0.15) is 0 Å². The molecule has 2 aliphatic heterocycles. The van der Waals surface area contributed by atoms with E-state index >= 15 is 0 Å². The lowest BCUT2D eigenvalue weighted by atomic mass is 10.1. The molecule has 164 valence electrons. The number of piperazine rings is 1. The molecule has 0 bridgehead atoms. The van der Waals surface area contributed by atoms with E-state index in [-0.39, 0.29) is 28.3 Å². The number of carbonyl (C=O) groups excluding carboxylic acids is 3. The largest absolute Gasteiger partial charge is 0.337 e. The Balaban J connectivity index is 1.35. The highest BCUT2D eigenvalue weighted by atomic mass is 35.5. The lowest BCUT2D eigenvalue weighted by molar-refractivity contribution is -0.144. The molecular formula is C22H23ClFN3O3S. The van der Waals surface area contributed by atoms with Crippen molar-refractivity contribution in [1.29, 1.82) is 0 Å². The van der Waals surface area contributed by atoms with Crippen LogP contribution in [0.3, 0.4) is 0 Å². The lowest BCUT2D eigenvalue weighted by Gasteiger charge is -2.37. The van der Waals surface area contributed by atoms with E-state index in [1.807, 2.05) is 17.5 Å². The molecule has 2 saturated heterocycles. The number of rotatable bonds is 4. The Morgan fingerprint density at radius 2 is 1.81 bits per heavy atom. The summed E-state index contributed by atoms with van der Waals surface area (Å²) >= 11 is 7.56. The average molecular weight is 464 g/mol. The van der Waals surface area contributed by atoms with Gasteiger partial charge in [0.1, 0.15) is 11.9 Å². The van der Waals surface area contributed by atoms with Gasteiger partial charge in [0.15, 0.2) is 0 Å². The second kappa shape index (κ2) is 9.36. The zero-order valence-corrected chi connectivity index (χ0v) is 18.5. The molecule has 2 aliphatic rings. The number of thiophene rings is 1. The third-order valence-electron chi connectivity index (χ3n) is 5.80. The van der Waals surface area contributed by atoms with Gasteiger partial charge in [-0.15, -0.1) is 11.3 Å². The molecule has 31 heavy (non-hydrogen) atoms. The molecule has 3 heterocycles. The number of hydrogen-bond acceptors (Lipinski definition) is 4. The zero-order valence-electron chi connectivity index (χ0n) is 16.9. The molecule has 0 radical (unpaired) electrons. The van der Waals surface area contributed by atoms with Gasteiger partial charge in [0.25, 0.3) is 5.91 Å². The summed E-state index contributed by atoms with van der Waals surface area (Å²) in [5.74, 6) is -0.834. The molecule has 0 spiro atoms. The highest BCUT2D eigenvalue weighted by molar-refractivity contribution is 7.10. The van der Waals surface area contributed by atoms with E-state index in [1.54, 1.807) is 26.0 Å². The van der Waals surface area contributed by atoms with Crippen molar-refractivity contribution in [1.82, 2.24) is 14.7 Å². The fourth-order valence-corrected chi connectivity index (χ4v) is 5.10. The van der Waals surface area contributed by atoms with Crippen molar-refractivity contribution in [2.75, 3.05) is 32.7 Å². The summed E-state index contributed by atoms with van der Waals surface area (Å²) in [6, 6.07) is 7.13. The fourth-order valence-electron chi connectivity index (χ4n) is 4.16. The van der Waals surface area contributed by atoms with E-state index in [0.29, 0.717) is 45.6 Å². The molecule has 1 unspecified atom stereocenters. The SMILES string of the molecule is O=C(c1ccc(F)cc1Cl)N1CCN(C(=O)C2CCCN2C(=O)Cc2cccs2)CC1. The van der Waals surface area contributed by atoms with Crippen LogP contribution in [-0.4, -0.2) is 71.2 Å². The summed E-state index contributed by atoms with van der Waals surface area (Å²) in [6.45, 7) is 2.13. The predicted molar refractivity (Wildman–Crippen MR) is 117 cm³/mol. The van der Waals surface area contributed by atoms with Crippen molar-refractivity contribution in [2.45, 2.75) is 25.3 Å². The van der Waals surface area contributed by atoms with Crippen LogP contribution in [0, 0.1) is 5.82 Å². The van der Waals surface area contributed by atoms with E-state index in [2.05, 4.69) is 0 Å². The third kappa shape index (κ3) is 4.75. The average Bonchev–Trinajstić information content (AvgIpc) is 3.45. The predicted octanol–water partition coefficient (Wildman–Crippen LogP) is 3.06. The molecule has 1 aromatic carbocycles. The molecule has 2 aromatic rings. The molecule has 0 aliphatic carbocycles. The highest BCUT2D eigenvalue weighted by Crippen LogP contribution is 2.24. The Morgan fingerprint density at radius 3 is 2.48 bits per heavy atom. The summed E-state index contributed by atoms with van der Waals surface area (Å²) in [7, 11) is 0. The molecule has 1 atom stereocenters. The van der Waals surface area contributed by atoms with Crippen molar-refractivity contribution in [2.24, 2.45) is 0 Å². The normalized spacial score (nSPS) is 19.0. The summed E-state index contributed by atoms with van der Waals surface area (Å²) in [5.41, 5.74) is 0.254. The quantitative estimate of drug-likeness (QED) is 0.700. The third-order valence-corrected chi connectivity index (χ3v) is 6.99. The minimum Gasteiger partial charge on any atom is -0.337 e. The maximum absolute atomic E-state index is 13.3. The van der Waals surface area contributed by atoms with Gasteiger partial charge in [-0.25, -0.2) is 4.39 Å². The number of nitrogens with zero attached hydrogens (tertiary/aromatic N) is 3. The van der Waals surface area contributed by atoms with Gasteiger partial charge >= 0.3 is 0 Å². The molecular weight excluding hydrogens is 441 g/mol. The van der Waals surface area contributed by atoms with Crippen molar-refractivity contribution in [3.8, 4) is 0 Å². The topological polar surface area (TPSA) is 60.9 Å². The minimum atomic E-state index is -0.494. The smallest absolute Gasteiger partial charge is 0.255 e. The van der Waals surface area contributed by atoms with E-state index < -0.39 is 11.9 Å². The van der Waals surface area contributed by atoms with E-state index in [4.69, 9.17) is 11.6 Å². The number of halogens is 2. The van der Waals surface area contributed by atoms with Crippen molar-refractivity contribution in [3.63, 3.8) is 0 Å². The fraction of sp³-hybridized carbons (Fsp3) is 0.409. The Hall–Kier alpha value is -2.45. The maximum Gasteiger partial charge on any atom is 0.255 e. The van der Waals surface area contributed by atoms with Crippen molar-refractivity contribution in [3.05, 3.63) is 57.0 Å². The molecule has 9 heteroatoms. The monoisotopic (exact) mass is 463 g/mol.